The van der Waals surface area contributed by atoms with Gasteiger partial charge >= 0.3 is 5.97 Å². The van der Waals surface area contributed by atoms with Crippen LogP contribution in [0.25, 0.3) is 0 Å². The summed E-state index contributed by atoms with van der Waals surface area (Å²) in [5, 5.41) is 5.69. The fourth-order valence-electron chi connectivity index (χ4n) is 2.87. The van der Waals surface area contributed by atoms with Gasteiger partial charge in [0, 0.05) is 11.3 Å². The molecule has 0 radical (unpaired) electrons. The molecular weight excluding hydrogens is 368 g/mol. The number of carbonyl (C=O) groups excluding carboxylic acids is 3. The van der Waals surface area contributed by atoms with Crippen molar-refractivity contribution < 1.29 is 19.1 Å². The molecule has 0 spiro atoms. The predicted molar refractivity (Wildman–Crippen MR) is 113 cm³/mol. The van der Waals surface area contributed by atoms with Gasteiger partial charge in [-0.25, -0.2) is 4.79 Å². The number of esters is 1. The highest BCUT2D eigenvalue weighted by molar-refractivity contribution is 6.02. The number of carbonyl (C=O) groups is 3. The maximum atomic E-state index is 12.9. The standard InChI is InChI=1S/C23H28N2O4/c1-5-15(3)20(25-21(26)19-10-8-7-9-16(19)4)22(27)24-18-13-11-17(12-14-18)23(28)29-6-2/h7-15,20H,5-6H2,1-4H3,(H,24,27)(H,25,26). The van der Waals surface area contributed by atoms with E-state index in [0.29, 0.717) is 23.4 Å². The third-order valence-electron chi connectivity index (χ3n) is 4.84. The van der Waals surface area contributed by atoms with E-state index in [0.717, 1.165) is 12.0 Å². The van der Waals surface area contributed by atoms with Crippen LogP contribution in [-0.4, -0.2) is 30.4 Å². The maximum Gasteiger partial charge on any atom is 0.338 e. The zero-order valence-corrected chi connectivity index (χ0v) is 17.3. The van der Waals surface area contributed by atoms with E-state index in [1.54, 1.807) is 43.3 Å². The normalized spacial score (nSPS) is 12.6. The number of hydrogen-bond donors (Lipinski definition) is 2. The fourth-order valence-corrected chi connectivity index (χ4v) is 2.87. The van der Waals surface area contributed by atoms with Crippen molar-refractivity contribution >= 4 is 23.5 Å². The number of amides is 2. The molecular formula is C23H28N2O4. The quantitative estimate of drug-likeness (QED) is 0.662. The Kier molecular flexibility index (Phi) is 7.95. The van der Waals surface area contributed by atoms with Gasteiger partial charge < -0.3 is 15.4 Å². The summed E-state index contributed by atoms with van der Waals surface area (Å²) in [4.78, 5) is 37.3. The van der Waals surface area contributed by atoms with Gasteiger partial charge in [-0.1, -0.05) is 38.5 Å². The van der Waals surface area contributed by atoms with Crippen molar-refractivity contribution in [3.8, 4) is 0 Å². The molecule has 0 aromatic heterocycles. The Bertz CT molecular complexity index is 861. The molecule has 6 nitrogen and oxygen atoms in total. The van der Waals surface area contributed by atoms with E-state index in [1.165, 1.54) is 0 Å². The summed E-state index contributed by atoms with van der Waals surface area (Å²) in [5.41, 5.74) is 2.35. The van der Waals surface area contributed by atoms with Gasteiger partial charge in [-0.05, 0) is 55.7 Å². The SMILES string of the molecule is CCOC(=O)c1ccc(NC(=O)C(NC(=O)c2ccccc2C)C(C)CC)cc1. The number of hydrogen-bond acceptors (Lipinski definition) is 4. The second-order valence-electron chi connectivity index (χ2n) is 6.94. The molecule has 2 N–H and O–H groups in total. The van der Waals surface area contributed by atoms with Crippen LogP contribution in [0, 0.1) is 12.8 Å². The van der Waals surface area contributed by atoms with E-state index < -0.39 is 12.0 Å². The minimum Gasteiger partial charge on any atom is -0.462 e. The second kappa shape index (κ2) is 10.4. The topological polar surface area (TPSA) is 84.5 Å². The molecule has 2 unspecified atom stereocenters. The van der Waals surface area contributed by atoms with E-state index >= 15 is 0 Å². The van der Waals surface area contributed by atoms with Gasteiger partial charge in [-0.2, -0.15) is 0 Å². The molecule has 2 aromatic carbocycles. The van der Waals surface area contributed by atoms with Crippen molar-refractivity contribution in [2.45, 2.75) is 40.2 Å². The van der Waals surface area contributed by atoms with E-state index in [9.17, 15) is 14.4 Å². The summed E-state index contributed by atoms with van der Waals surface area (Å²) in [7, 11) is 0. The number of aryl methyl sites for hydroxylation is 1. The zero-order valence-electron chi connectivity index (χ0n) is 17.3. The van der Waals surface area contributed by atoms with Crippen LogP contribution in [0.5, 0.6) is 0 Å². The molecule has 0 aliphatic rings. The van der Waals surface area contributed by atoms with E-state index in [-0.39, 0.29) is 17.7 Å². The third kappa shape index (κ3) is 5.91. The van der Waals surface area contributed by atoms with Crippen molar-refractivity contribution in [2.75, 3.05) is 11.9 Å². The molecule has 6 heteroatoms. The van der Waals surface area contributed by atoms with Crippen molar-refractivity contribution in [3.63, 3.8) is 0 Å². The summed E-state index contributed by atoms with van der Waals surface area (Å²) >= 11 is 0. The Hall–Kier alpha value is -3.15. The number of nitrogens with one attached hydrogen (secondary N) is 2. The minimum atomic E-state index is -0.683. The first-order valence-electron chi connectivity index (χ1n) is 9.81. The monoisotopic (exact) mass is 396 g/mol. The Labute approximate surface area is 171 Å². The van der Waals surface area contributed by atoms with Gasteiger partial charge in [0.25, 0.3) is 5.91 Å². The lowest BCUT2D eigenvalue weighted by molar-refractivity contribution is -0.119. The lowest BCUT2D eigenvalue weighted by Gasteiger charge is -2.24. The molecule has 2 amide bonds. The molecule has 29 heavy (non-hydrogen) atoms. The van der Waals surface area contributed by atoms with Gasteiger partial charge in [-0.15, -0.1) is 0 Å². The zero-order chi connectivity index (χ0) is 21.4. The van der Waals surface area contributed by atoms with Gasteiger partial charge in [0.15, 0.2) is 0 Å². The third-order valence-corrected chi connectivity index (χ3v) is 4.84. The Morgan fingerprint density at radius 1 is 1.00 bits per heavy atom. The van der Waals surface area contributed by atoms with Crippen LogP contribution in [0.2, 0.25) is 0 Å². The smallest absolute Gasteiger partial charge is 0.338 e. The highest BCUT2D eigenvalue weighted by Crippen LogP contribution is 2.15. The van der Waals surface area contributed by atoms with Gasteiger partial charge in [-0.3, -0.25) is 9.59 Å². The first-order valence-corrected chi connectivity index (χ1v) is 9.81. The lowest BCUT2D eigenvalue weighted by atomic mass is 9.97. The number of rotatable bonds is 8. The first-order chi connectivity index (χ1) is 13.9. The van der Waals surface area contributed by atoms with E-state index in [2.05, 4.69) is 10.6 Å². The molecule has 0 aliphatic heterocycles. The molecule has 2 atom stereocenters. The highest BCUT2D eigenvalue weighted by atomic mass is 16.5. The summed E-state index contributed by atoms with van der Waals surface area (Å²) in [6, 6.07) is 13.0. The molecule has 154 valence electrons. The van der Waals surface area contributed by atoms with Gasteiger partial charge in [0.05, 0.1) is 12.2 Å². The average Bonchev–Trinajstić information content (AvgIpc) is 2.72. The van der Waals surface area contributed by atoms with E-state index in [1.807, 2.05) is 32.9 Å². The van der Waals surface area contributed by atoms with Crippen LogP contribution in [0.15, 0.2) is 48.5 Å². The van der Waals surface area contributed by atoms with Crippen LogP contribution in [0.1, 0.15) is 53.5 Å². The maximum absolute atomic E-state index is 12.9. The Balaban J connectivity index is 2.12. The van der Waals surface area contributed by atoms with Crippen LogP contribution < -0.4 is 10.6 Å². The lowest BCUT2D eigenvalue weighted by Crippen LogP contribution is -2.47. The average molecular weight is 396 g/mol. The first kappa shape index (κ1) is 22.1. The molecule has 2 aromatic rings. The minimum absolute atomic E-state index is 0.0539. The second-order valence-corrected chi connectivity index (χ2v) is 6.94. The summed E-state index contributed by atoms with van der Waals surface area (Å²) in [5.74, 6) is -1.04. The molecule has 0 saturated carbocycles. The Morgan fingerprint density at radius 2 is 1.66 bits per heavy atom. The van der Waals surface area contributed by atoms with Crippen molar-refractivity contribution in [1.29, 1.82) is 0 Å². The molecule has 0 saturated heterocycles. The van der Waals surface area contributed by atoms with Crippen molar-refractivity contribution in [1.82, 2.24) is 5.32 Å². The fraction of sp³-hybridized carbons (Fsp3) is 0.348. The summed E-state index contributed by atoms with van der Waals surface area (Å²) < 4.78 is 4.95. The van der Waals surface area contributed by atoms with Crippen LogP contribution in [0.4, 0.5) is 5.69 Å². The van der Waals surface area contributed by atoms with Crippen LogP contribution >= 0.6 is 0 Å². The molecule has 0 heterocycles. The number of ether oxygens (including phenoxy) is 1. The molecule has 0 fully saturated rings. The highest BCUT2D eigenvalue weighted by Gasteiger charge is 2.27. The van der Waals surface area contributed by atoms with Crippen LogP contribution in [-0.2, 0) is 9.53 Å². The van der Waals surface area contributed by atoms with Gasteiger partial charge in [0.2, 0.25) is 5.91 Å². The Morgan fingerprint density at radius 3 is 2.24 bits per heavy atom. The molecule has 0 aliphatic carbocycles. The molecule has 2 rings (SSSR count). The number of anilines is 1. The largest absolute Gasteiger partial charge is 0.462 e. The molecule has 0 bridgehead atoms. The summed E-state index contributed by atoms with van der Waals surface area (Å²) in [6.07, 6.45) is 0.730. The van der Waals surface area contributed by atoms with Gasteiger partial charge in [0.1, 0.15) is 6.04 Å². The predicted octanol–water partition coefficient (Wildman–Crippen LogP) is 3.95. The van der Waals surface area contributed by atoms with E-state index in [4.69, 9.17) is 4.74 Å². The van der Waals surface area contributed by atoms with Crippen molar-refractivity contribution in [3.05, 3.63) is 65.2 Å². The van der Waals surface area contributed by atoms with Crippen molar-refractivity contribution in [2.24, 2.45) is 5.92 Å². The number of benzene rings is 2. The summed E-state index contributed by atoms with van der Waals surface area (Å²) in [6.45, 7) is 7.80. The van der Waals surface area contributed by atoms with Crippen LogP contribution in [0.3, 0.4) is 0 Å².